The molecule has 7 nitrogen and oxygen atoms in total. The molecule has 4 rings (SSSR count). The molecule has 2 aromatic carbocycles. The van der Waals surface area contributed by atoms with Crippen molar-refractivity contribution in [3.05, 3.63) is 65.5 Å². The molecular weight excluding hydrogens is 438 g/mol. The van der Waals surface area contributed by atoms with Gasteiger partial charge in [-0.2, -0.15) is 4.31 Å². The molecule has 0 atom stereocenters. The molecule has 8 heteroatoms. The molecule has 1 saturated heterocycles. The molecule has 3 aromatic rings. The van der Waals surface area contributed by atoms with E-state index < -0.39 is 10.0 Å². The fourth-order valence-corrected chi connectivity index (χ4v) is 5.49. The highest BCUT2D eigenvalue weighted by Gasteiger charge is 2.33. The zero-order valence-electron chi connectivity index (χ0n) is 19.2. The summed E-state index contributed by atoms with van der Waals surface area (Å²) >= 11 is 0. The number of hydrogen-bond donors (Lipinski definition) is 0. The van der Waals surface area contributed by atoms with Crippen LogP contribution in [0.3, 0.4) is 0 Å². The Morgan fingerprint density at radius 3 is 2.24 bits per heavy atom. The standard InChI is InChI=1S/C25H29N3O4S/c1-17(2)19-8-10-21(11-9-19)33(30,31)28-14-12-20(13-15-28)25(29)32-16-24-18(3)26-22-6-4-5-7-23(22)27-24/h4-11,17,20H,12-16H2,1-3H3. The lowest BCUT2D eigenvalue weighted by Crippen LogP contribution is -2.40. The quantitative estimate of drug-likeness (QED) is 0.505. The van der Waals surface area contributed by atoms with Gasteiger partial charge >= 0.3 is 5.97 Å². The van der Waals surface area contributed by atoms with Gasteiger partial charge in [0.05, 0.1) is 33.2 Å². The van der Waals surface area contributed by atoms with Gasteiger partial charge in [-0.3, -0.25) is 4.79 Å². The van der Waals surface area contributed by atoms with E-state index in [-0.39, 0.29) is 18.5 Å². The minimum atomic E-state index is -3.57. The minimum absolute atomic E-state index is 0.0587. The van der Waals surface area contributed by atoms with Crippen molar-refractivity contribution in [1.82, 2.24) is 14.3 Å². The first-order chi connectivity index (χ1) is 15.8. The van der Waals surface area contributed by atoms with Gasteiger partial charge in [0.1, 0.15) is 6.61 Å². The second kappa shape index (κ2) is 9.57. The summed E-state index contributed by atoms with van der Waals surface area (Å²) in [6.45, 7) is 6.64. The van der Waals surface area contributed by atoms with Crippen LogP contribution < -0.4 is 0 Å². The molecule has 0 N–H and O–H groups in total. The summed E-state index contributed by atoms with van der Waals surface area (Å²) in [5, 5.41) is 0. The molecule has 1 aromatic heterocycles. The van der Waals surface area contributed by atoms with E-state index in [1.165, 1.54) is 4.31 Å². The molecule has 174 valence electrons. The Labute approximate surface area is 194 Å². The summed E-state index contributed by atoms with van der Waals surface area (Å²) < 4.78 is 33.0. The number of aryl methyl sites for hydroxylation is 1. The van der Waals surface area contributed by atoms with Crippen molar-refractivity contribution in [3.8, 4) is 0 Å². The Hall–Kier alpha value is -2.84. The fraction of sp³-hybridized carbons (Fsp3) is 0.400. The van der Waals surface area contributed by atoms with Crippen LogP contribution in [0.5, 0.6) is 0 Å². The number of carbonyl (C=O) groups is 1. The summed E-state index contributed by atoms with van der Waals surface area (Å²) in [5.41, 5.74) is 4.02. The molecule has 0 amide bonds. The minimum Gasteiger partial charge on any atom is -0.459 e. The predicted octanol–water partition coefficient (Wildman–Crippen LogP) is 4.21. The lowest BCUT2D eigenvalue weighted by atomic mass is 9.98. The Kier molecular flexibility index (Phi) is 6.76. The second-order valence-corrected chi connectivity index (χ2v) is 10.7. The van der Waals surface area contributed by atoms with Crippen molar-refractivity contribution < 1.29 is 17.9 Å². The third-order valence-electron chi connectivity index (χ3n) is 6.17. The maximum Gasteiger partial charge on any atom is 0.309 e. The third-order valence-corrected chi connectivity index (χ3v) is 8.08. The molecule has 0 radical (unpaired) electrons. The number of benzene rings is 2. The number of sulfonamides is 1. The topological polar surface area (TPSA) is 89.5 Å². The number of esters is 1. The molecule has 1 aliphatic heterocycles. The van der Waals surface area contributed by atoms with Crippen LogP contribution in [0.4, 0.5) is 0 Å². The smallest absolute Gasteiger partial charge is 0.309 e. The summed E-state index contributed by atoms with van der Waals surface area (Å²) in [6, 6.07) is 14.6. The average Bonchev–Trinajstić information content (AvgIpc) is 2.82. The highest BCUT2D eigenvalue weighted by Crippen LogP contribution is 2.26. The summed E-state index contributed by atoms with van der Waals surface area (Å²) in [7, 11) is -3.57. The molecular formula is C25H29N3O4S. The van der Waals surface area contributed by atoms with Crippen molar-refractivity contribution >= 4 is 27.0 Å². The number of rotatable bonds is 6. The van der Waals surface area contributed by atoms with Crippen molar-refractivity contribution in [1.29, 1.82) is 0 Å². The molecule has 0 bridgehead atoms. The van der Waals surface area contributed by atoms with Gasteiger partial charge in [-0.1, -0.05) is 38.1 Å². The van der Waals surface area contributed by atoms with Crippen molar-refractivity contribution in [2.45, 2.75) is 51.0 Å². The molecule has 2 heterocycles. The van der Waals surface area contributed by atoms with Crippen LogP contribution in [0.1, 0.15) is 49.6 Å². The molecule has 0 unspecified atom stereocenters. The van der Waals surface area contributed by atoms with E-state index in [0.717, 1.165) is 22.3 Å². The average molecular weight is 468 g/mol. The normalized spacial score (nSPS) is 15.8. The van der Waals surface area contributed by atoms with Gasteiger partial charge in [0, 0.05) is 13.1 Å². The third kappa shape index (κ3) is 5.07. The van der Waals surface area contributed by atoms with E-state index in [1.54, 1.807) is 12.1 Å². The number of piperidine rings is 1. The van der Waals surface area contributed by atoms with E-state index in [0.29, 0.717) is 42.4 Å². The highest BCUT2D eigenvalue weighted by molar-refractivity contribution is 7.89. The maximum absolute atomic E-state index is 13.0. The zero-order chi connectivity index (χ0) is 23.6. The molecule has 0 spiro atoms. The Morgan fingerprint density at radius 1 is 1.03 bits per heavy atom. The van der Waals surface area contributed by atoms with E-state index in [2.05, 4.69) is 23.8 Å². The molecule has 33 heavy (non-hydrogen) atoms. The van der Waals surface area contributed by atoms with Crippen LogP contribution in [0.15, 0.2) is 53.4 Å². The van der Waals surface area contributed by atoms with Crippen LogP contribution in [-0.4, -0.2) is 41.7 Å². The van der Waals surface area contributed by atoms with Gasteiger partial charge in [0.2, 0.25) is 10.0 Å². The molecule has 0 aliphatic carbocycles. The second-order valence-electron chi connectivity index (χ2n) is 8.75. The first-order valence-corrected chi connectivity index (χ1v) is 12.7. The molecule has 1 fully saturated rings. The number of para-hydroxylation sites is 2. The van der Waals surface area contributed by atoms with E-state index in [1.807, 2.05) is 43.3 Å². The van der Waals surface area contributed by atoms with Gasteiger partial charge in [0.25, 0.3) is 0 Å². The first kappa shape index (κ1) is 23.3. The van der Waals surface area contributed by atoms with Gasteiger partial charge in [0.15, 0.2) is 0 Å². The van der Waals surface area contributed by atoms with Crippen molar-refractivity contribution in [3.63, 3.8) is 0 Å². The number of hydrogen-bond acceptors (Lipinski definition) is 6. The van der Waals surface area contributed by atoms with E-state index >= 15 is 0 Å². The molecule has 0 saturated carbocycles. The number of aromatic nitrogens is 2. The zero-order valence-corrected chi connectivity index (χ0v) is 20.0. The number of carbonyl (C=O) groups excluding carboxylic acids is 1. The lowest BCUT2D eigenvalue weighted by molar-refractivity contribution is -0.151. The Balaban J connectivity index is 1.34. The van der Waals surface area contributed by atoms with Crippen LogP contribution in [0.25, 0.3) is 11.0 Å². The summed E-state index contributed by atoms with van der Waals surface area (Å²) in [6.07, 6.45) is 0.870. The monoisotopic (exact) mass is 467 g/mol. The van der Waals surface area contributed by atoms with Gasteiger partial charge in [-0.05, 0) is 55.5 Å². The summed E-state index contributed by atoms with van der Waals surface area (Å²) in [5.74, 6) is -0.302. The predicted molar refractivity (Wildman–Crippen MR) is 126 cm³/mol. The van der Waals surface area contributed by atoms with Crippen LogP contribution in [0, 0.1) is 12.8 Å². The van der Waals surface area contributed by atoms with Crippen molar-refractivity contribution in [2.75, 3.05) is 13.1 Å². The van der Waals surface area contributed by atoms with Gasteiger partial charge < -0.3 is 4.74 Å². The Bertz CT molecular complexity index is 1250. The fourth-order valence-electron chi connectivity index (χ4n) is 4.02. The van der Waals surface area contributed by atoms with Crippen LogP contribution >= 0.6 is 0 Å². The Morgan fingerprint density at radius 2 is 1.64 bits per heavy atom. The number of nitrogens with zero attached hydrogens (tertiary/aromatic N) is 3. The van der Waals surface area contributed by atoms with E-state index in [9.17, 15) is 13.2 Å². The highest BCUT2D eigenvalue weighted by atomic mass is 32.2. The van der Waals surface area contributed by atoms with Gasteiger partial charge in [-0.25, -0.2) is 18.4 Å². The lowest BCUT2D eigenvalue weighted by Gasteiger charge is -2.30. The van der Waals surface area contributed by atoms with E-state index in [4.69, 9.17) is 4.74 Å². The largest absolute Gasteiger partial charge is 0.459 e. The van der Waals surface area contributed by atoms with Crippen LogP contribution in [-0.2, 0) is 26.2 Å². The summed E-state index contributed by atoms with van der Waals surface area (Å²) in [4.78, 5) is 22.0. The van der Waals surface area contributed by atoms with Crippen molar-refractivity contribution in [2.24, 2.45) is 5.92 Å². The molecule has 1 aliphatic rings. The number of ether oxygens (including phenoxy) is 1. The SMILES string of the molecule is Cc1nc2ccccc2nc1COC(=O)C1CCN(S(=O)(=O)c2ccc(C(C)C)cc2)CC1. The number of fused-ring (bicyclic) bond motifs is 1. The van der Waals surface area contributed by atoms with Gasteiger partial charge in [-0.15, -0.1) is 0 Å². The van der Waals surface area contributed by atoms with Crippen LogP contribution in [0.2, 0.25) is 0 Å². The first-order valence-electron chi connectivity index (χ1n) is 11.2. The maximum atomic E-state index is 13.0.